The predicted octanol–water partition coefficient (Wildman–Crippen LogP) is 3.97. The van der Waals surface area contributed by atoms with Crippen molar-refractivity contribution in [3.05, 3.63) is 70.9 Å². The Kier molecular flexibility index (Phi) is 4.79. The maximum atomic E-state index is 13.2. The minimum absolute atomic E-state index is 0.150. The van der Waals surface area contributed by atoms with Crippen molar-refractivity contribution < 1.29 is 14.3 Å². The van der Waals surface area contributed by atoms with Gasteiger partial charge in [-0.2, -0.15) is 0 Å². The highest BCUT2D eigenvalue weighted by Crippen LogP contribution is 2.37. The molecule has 1 saturated heterocycles. The number of carbonyl (C=O) groups excluding carboxylic acids is 2. The fraction of sp³-hybridized carbons (Fsp3) is 0.240. The fourth-order valence-corrected chi connectivity index (χ4v) is 4.28. The Morgan fingerprint density at radius 2 is 1.87 bits per heavy atom. The van der Waals surface area contributed by atoms with Crippen molar-refractivity contribution in [3.8, 4) is 0 Å². The molecule has 0 unspecified atom stereocenters. The Balaban J connectivity index is 1.70. The highest BCUT2D eigenvalue weighted by Gasteiger charge is 2.34. The van der Waals surface area contributed by atoms with Gasteiger partial charge in [0.1, 0.15) is 5.82 Å². The molecule has 1 fully saturated rings. The number of rotatable bonds is 2. The van der Waals surface area contributed by atoms with E-state index in [1.54, 1.807) is 12.1 Å². The molecule has 0 atom stereocenters. The van der Waals surface area contributed by atoms with Crippen molar-refractivity contribution in [2.45, 2.75) is 13.8 Å². The van der Waals surface area contributed by atoms with Crippen LogP contribution in [0.2, 0.25) is 0 Å². The summed E-state index contributed by atoms with van der Waals surface area (Å²) in [7, 11) is 0. The van der Waals surface area contributed by atoms with E-state index >= 15 is 0 Å². The average molecular weight is 413 g/mol. The number of aryl methyl sites for hydroxylation is 1. The van der Waals surface area contributed by atoms with Crippen LogP contribution >= 0.6 is 0 Å². The number of ether oxygens (including phenoxy) is 1. The lowest BCUT2D eigenvalue weighted by Crippen LogP contribution is -2.37. The number of para-hydroxylation sites is 1. The van der Waals surface area contributed by atoms with Gasteiger partial charge in [0, 0.05) is 36.5 Å². The van der Waals surface area contributed by atoms with Crippen LogP contribution in [0.4, 0.5) is 11.5 Å². The van der Waals surface area contributed by atoms with Gasteiger partial charge < -0.3 is 9.64 Å². The summed E-state index contributed by atoms with van der Waals surface area (Å²) in [6, 6.07) is 15.4. The number of aromatic nitrogens is 1. The summed E-state index contributed by atoms with van der Waals surface area (Å²) in [6.07, 6.45) is 1.81. The van der Waals surface area contributed by atoms with Crippen LogP contribution in [0.5, 0.6) is 0 Å². The summed E-state index contributed by atoms with van der Waals surface area (Å²) in [5.41, 5.74) is 4.39. The minimum atomic E-state index is -0.193. The van der Waals surface area contributed by atoms with Gasteiger partial charge in [-0.1, -0.05) is 23.8 Å². The first-order valence-electron chi connectivity index (χ1n) is 10.4. The number of benzene rings is 2. The molecule has 0 bridgehead atoms. The number of amides is 1. The lowest BCUT2D eigenvalue weighted by atomic mass is 10.1. The van der Waals surface area contributed by atoms with E-state index in [-0.39, 0.29) is 11.7 Å². The summed E-state index contributed by atoms with van der Waals surface area (Å²) >= 11 is 0. The Morgan fingerprint density at radius 1 is 1.10 bits per heavy atom. The molecule has 0 saturated carbocycles. The van der Waals surface area contributed by atoms with E-state index in [1.165, 1.54) is 11.8 Å². The van der Waals surface area contributed by atoms with Gasteiger partial charge in [0.2, 0.25) is 11.7 Å². The van der Waals surface area contributed by atoms with E-state index in [9.17, 15) is 9.59 Å². The monoisotopic (exact) mass is 413 g/mol. The molecular weight excluding hydrogens is 390 g/mol. The summed E-state index contributed by atoms with van der Waals surface area (Å²) in [5.74, 6) is 0.463. The van der Waals surface area contributed by atoms with Crippen molar-refractivity contribution in [1.29, 1.82) is 0 Å². The first kappa shape index (κ1) is 19.5. The van der Waals surface area contributed by atoms with Gasteiger partial charge in [0.25, 0.3) is 0 Å². The molecule has 31 heavy (non-hydrogen) atoms. The lowest BCUT2D eigenvalue weighted by Gasteiger charge is -2.29. The third-order valence-corrected chi connectivity index (χ3v) is 5.76. The highest BCUT2D eigenvalue weighted by atomic mass is 16.5. The van der Waals surface area contributed by atoms with Crippen molar-refractivity contribution in [3.63, 3.8) is 0 Å². The predicted molar refractivity (Wildman–Crippen MR) is 121 cm³/mol. The van der Waals surface area contributed by atoms with Crippen LogP contribution in [0.25, 0.3) is 17.0 Å². The molecule has 2 aliphatic rings. The number of hydrogen-bond acceptors (Lipinski definition) is 5. The number of carbonyl (C=O) groups is 2. The van der Waals surface area contributed by atoms with Crippen LogP contribution in [-0.4, -0.2) is 43.0 Å². The number of pyridine rings is 1. The van der Waals surface area contributed by atoms with Crippen LogP contribution in [0.1, 0.15) is 28.4 Å². The van der Waals surface area contributed by atoms with Crippen LogP contribution in [0.3, 0.4) is 0 Å². The SMILES string of the molecule is CC(=O)N1/C(=C\c2cc3cc(C)ccc3nc2N2CCOCC2)C(=O)c2ccccc21. The zero-order valence-electron chi connectivity index (χ0n) is 17.6. The maximum Gasteiger partial charge on any atom is 0.228 e. The lowest BCUT2D eigenvalue weighted by molar-refractivity contribution is -0.116. The van der Waals surface area contributed by atoms with Crippen LogP contribution in [0.15, 0.2) is 54.2 Å². The molecule has 0 N–H and O–H groups in total. The molecule has 2 aliphatic heterocycles. The number of Topliss-reactive ketones (excluding diaryl/α,β-unsaturated/α-hetero) is 1. The fourth-order valence-electron chi connectivity index (χ4n) is 4.28. The number of hydrogen-bond donors (Lipinski definition) is 0. The standard InChI is InChI=1S/C25H23N3O3/c1-16-7-8-21-18(13-16)14-19(25(26-21)27-9-11-31-12-10-27)15-23-24(30)20-5-3-4-6-22(20)28(23)17(2)29/h3-8,13-15H,9-12H2,1-2H3/b23-15-. The van der Waals surface area contributed by atoms with Crippen LogP contribution in [0, 0.1) is 6.92 Å². The highest BCUT2D eigenvalue weighted by molar-refractivity contribution is 6.26. The quantitative estimate of drug-likeness (QED) is 0.595. The van der Waals surface area contributed by atoms with Crippen LogP contribution in [-0.2, 0) is 9.53 Å². The smallest absolute Gasteiger partial charge is 0.228 e. The van der Waals surface area contributed by atoms with E-state index < -0.39 is 0 Å². The molecule has 0 radical (unpaired) electrons. The Hall–Kier alpha value is -3.51. The summed E-state index contributed by atoms with van der Waals surface area (Å²) in [4.78, 5) is 34.3. The first-order chi connectivity index (χ1) is 15.0. The third-order valence-electron chi connectivity index (χ3n) is 5.76. The Labute approximate surface area is 180 Å². The normalized spacial score (nSPS) is 17.5. The van der Waals surface area contributed by atoms with E-state index in [4.69, 9.17) is 9.72 Å². The first-order valence-corrected chi connectivity index (χ1v) is 10.4. The number of anilines is 2. The summed E-state index contributed by atoms with van der Waals surface area (Å²) in [5, 5.41) is 1.00. The van der Waals surface area contributed by atoms with E-state index in [0.717, 1.165) is 40.9 Å². The number of allylic oxidation sites excluding steroid dienone is 1. The van der Waals surface area contributed by atoms with Gasteiger partial charge in [0.15, 0.2) is 0 Å². The second-order valence-corrected chi connectivity index (χ2v) is 7.93. The summed E-state index contributed by atoms with van der Waals surface area (Å²) < 4.78 is 5.51. The van der Waals surface area contributed by atoms with E-state index in [0.29, 0.717) is 30.2 Å². The second-order valence-electron chi connectivity index (χ2n) is 7.93. The molecule has 1 amide bonds. The number of nitrogens with zero attached hydrogens (tertiary/aromatic N) is 3. The van der Waals surface area contributed by atoms with Crippen LogP contribution < -0.4 is 9.80 Å². The zero-order chi connectivity index (χ0) is 21.5. The number of fused-ring (bicyclic) bond motifs is 2. The van der Waals surface area contributed by atoms with Crippen molar-refractivity contribution in [2.24, 2.45) is 0 Å². The largest absolute Gasteiger partial charge is 0.378 e. The number of morpholine rings is 1. The van der Waals surface area contributed by atoms with Crippen molar-refractivity contribution >= 4 is 40.2 Å². The molecule has 0 aliphatic carbocycles. The van der Waals surface area contributed by atoms with E-state index in [2.05, 4.69) is 17.0 Å². The third kappa shape index (κ3) is 3.39. The van der Waals surface area contributed by atoms with Gasteiger partial charge >= 0.3 is 0 Å². The molecule has 3 aromatic rings. The minimum Gasteiger partial charge on any atom is -0.378 e. The Bertz CT molecular complexity index is 1240. The molecule has 5 rings (SSSR count). The zero-order valence-corrected chi connectivity index (χ0v) is 17.6. The molecule has 1 aromatic heterocycles. The maximum absolute atomic E-state index is 13.2. The van der Waals surface area contributed by atoms with Gasteiger partial charge in [-0.25, -0.2) is 4.98 Å². The van der Waals surface area contributed by atoms with Gasteiger partial charge in [-0.05, 0) is 43.3 Å². The topological polar surface area (TPSA) is 62.7 Å². The molecule has 6 heteroatoms. The van der Waals surface area contributed by atoms with E-state index in [1.807, 2.05) is 37.3 Å². The number of ketones is 1. The molecular formula is C25H23N3O3. The molecule has 0 spiro atoms. The second kappa shape index (κ2) is 7.63. The molecule has 3 heterocycles. The van der Waals surface area contributed by atoms with Crippen molar-refractivity contribution in [1.82, 2.24) is 4.98 Å². The molecule has 156 valence electrons. The summed E-state index contributed by atoms with van der Waals surface area (Å²) in [6.45, 7) is 6.24. The average Bonchev–Trinajstić information content (AvgIpc) is 3.06. The Morgan fingerprint density at radius 3 is 2.65 bits per heavy atom. The van der Waals surface area contributed by atoms with Gasteiger partial charge in [-0.3, -0.25) is 14.5 Å². The van der Waals surface area contributed by atoms with Crippen molar-refractivity contribution in [2.75, 3.05) is 36.1 Å². The molecule has 2 aromatic carbocycles. The van der Waals surface area contributed by atoms with Gasteiger partial charge in [0.05, 0.1) is 30.1 Å². The van der Waals surface area contributed by atoms with Gasteiger partial charge in [-0.15, -0.1) is 0 Å². The molecule has 6 nitrogen and oxygen atoms in total.